The van der Waals surface area contributed by atoms with Gasteiger partial charge in [0, 0.05) is 43.0 Å². The number of anilines is 1. The summed E-state index contributed by atoms with van der Waals surface area (Å²) in [6, 6.07) is 7.41. The molecule has 9 nitrogen and oxygen atoms in total. The summed E-state index contributed by atoms with van der Waals surface area (Å²) >= 11 is 0. The van der Waals surface area contributed by atoms with E-state index in [-0.39, 0.29) is 17.8 Å². The largest absolute Gasteiger partial charge is 0.480 e. The van der Waals surface area contributed by atoms with Gasteiger partial charge in [-0.05, 0) is 103 Å². The van der Waals surface area contributed by atoms with E-state index in [1.807, 2.05) is 51.8 Å². The number of hydrogen-bond acceptors (Lipinski definition) is 6. The molecule has 1 fully saturated rings. The maximum Gasteiger partial charge on any atom is 0.329 e. The molecular formula is C33H47N5O4. The van der Waals surface area contributed by atoms with Crippen LogP contribution < -0.4 is 11.0 Å². The zero-order valence-electron chi connectivity index (χ0n) is 26.1. The van der Waals surface area contributed by atoms with Gasteiger partial charge >= 0.3 is 11.7 Å². The first-order chi connectivity index (χ1) is 20.0. The molecule has 0 saturated heterocycles. The number of unbranched alkanes of at least 4 members (excludes halogenated alkanes) is 1. The molecule has 3 heterocycles. The Morgan fingerprint density at radius 2 is 1.98 bits per heavy atom. The van der Waals surface area contributed by atoms with Crippen LogP contribution in [0.5, 0.6) is 0 Å². The van der Waals surface area contributed by atoms with Gasteiger partial charge in [0.2, 0.25) is 0 Å². The number of carboxylic acid groups (broad SMARTS) is 1. The lowest BCUT2D eigenvalue weighted by molar-refractivity contribution is -0.144. The normalized spacial score (nSPS) is 19.7. The first kappa shape index (κ1) is 30.3. The third-order valence-electron chi connectivity index (χ3n) is 9.09. The molecular weight excluding hydrogens is 530 g/mol. The number of hydrogen-bond donors (Lipinski definition) is 2. The van der Waals surface area contributed by atoms with Gasteiger partial charge in [0.05, 0.1) is 17.1 Å². The summed E-state index contributed by atoms with van der Waals surface area (Å²) in [6.45, 7) is 9.69. The molecule has 2 aromatic heterocycles. The fraction of sp³-hybridized carbons (Fsp3) is 0.606. The van der Waals surface area contributed by atoms with Gasteiger partial charge in [-0.2, -0.15) is 0 Å². The van der Waals surface area contributed by atoms with Gasteiger partial charge in [0.25, 0.3) is 0 Å². The van der Waals surface area contributed by atoms with Crippen molar-refractivity contribution >= 4 is 22.8 Å². The molecule has 3 atom stereocenters. The lowest BCUT2D eigenvalue weighted by Gasteiger charge is -2.31. The van der Waals surface area contributed by atoms with Crippen molar-refractivity contribution in [1.29, 1.82) is 0 Å². The van der Waals surface area contributed by atoms with Gasteiger partial charge in [-0.3, -0.25) is 18.8 Å². The zero-order chi connectivity index (χ0) is 30.2. The van der Waals surface area contributed by atoms with Crippen LogP contribution in [0, 0.1) is 6.92 Å². The number of benzene rings is 1. The molecule has 0 spiro atoms. The van der Waals surface area contributed by atoms with E-state index in [1.165, 1.54) is 12.0 Å². The number of fused-ring (bicyclic) bond motifs is 2. The number of imidazole rings is 1. The van der Waals surface area contributed by atoms with E-state index in [2.05, 4.69) is 17.4 Å². The first-order valence-electron chi connectivity index (χ1n) is 15.5. The highest BCUT2D eigenvalue weighted by molar-refractivity contribution is 5.89. The second kappa shape index (κ2) is 12.2. The minimum absolute atomic E-state index is 0.0846. The first-order valence-corrected chi connectivity index (χ1v) is 15.5. The molecule has 0 amide bonds. The van der Waals surface area contributed by atoms with Gasteiger partial charge < -0.3 is 15.2 Å². The second-order valence-electron chi connectivity index (χ2n) is 13.2. The van der Waals surface area contributed by atoms with E-state index in [4.69, 9.17) is 9.72 Å². The van der Waals surface area contributed by atoms with Crippen molar-refractivity contribution < 1.29 is 14.6 Å². The number of pyridine rings is 1. The van der Waals surface area contributed by atoms with Crippen molar-refractivity contribution in [1.82, 2.24) is 19.0 Å². The summed E-state index contributed by atoms with van der Waals surface area (Å²) in [7, 11) is 3.64. The fourth-order valence-corrected chi connectivity index (χ4v) is 6.86. The maximum atomic E-state index is 13.3. The van der Waals surface area contributed by atoms with Crippen LogP contribution in [-0.2, 0) is 35.0 Å². The molecule has 3 aromatic rings. The third kappa shape index (κ3) is 5.99. The lowest BCUT2D eigenvalue weighted by Crippen LogP contribution is -2.38. The van der Waals surface area contributed by atoms with Crippen molar-refractivity contribution in [2.75, 3.05) is 25.5 Å². The lowest BCUT2D eigenvalue weighted by atomic mass is 9.98. The van der Waals surface area contributed by atoms with E-state index in [0.29, 0.717) is 17.7 Å². The average Bonchev–Trinajstić information content (AvgIpc) is 3.52. The average molecular weight is 578 g/mol. The van der Waals surface area contributed by atoms with Crippen molar-refractivity contribution in [2.24, 2.45) is 7.05 Å². The Labute approximate surface area is 248 Å². The number of aryl methyl sites for hydroxylation is 4. The zero-order valence-corrected chi connectivity index (χ0v) is 26.1. The van der Waals surface area contributed by atoms with E-state index in [1.54, 1.807) is 16.2 Å². The number of carbonyl (C=O) groups is 1. The summed E-state index contributed by atoms with van der Waals surface area (Å²) in [4.78, 5) is 32.9. The molecule has 1 aromatic carbocycles. The molecule has 5 rings (SSSR count). The molecule has 9 heteroatoms. The maximum absolute atomic E-state index is 13.3. The van der Waals surface area contributed by atoms with Crippen LogP contribution in [-0.4, -0.2) is 62.4 Å². The Kier molecular flexibility index (Phi) is 8.81. The van der Waals surface area contributed by atoms with Gasteiger partial charge in [0.15, 0.2) is 0 Å². The monoisotopic (exact) mass is 577 g/mol. The van der Waals surface area contributed by atoms with Gasteiger partial charge in [-0.25, -0.2) is 9.78 Å². The smallest absolute Gasteiger partial charge is 0.329 e. The van der Waals surface area contributed by atoms with Crippen LogP contribution in [0.25, 0.3) is 11.0 Å². The summed E-state index contributed by atoms with van der Waals surface area (Å²) in [5.74, 6) is 0.144. The van der Waals surface area contributed by atoms with Gasteiger partial charge in [-0.1, -0.05) is 18.2 Å². The number of carboxylic acids is 1. The number of nitrogens with zero attached hydrogens (tertiary/aromatic N) is 4. The number of nitrogens with one attached hydrogen (secondary N) is 1. The highest BCUT2D eigenvalue weighted by atomic mass is 16.5. The Balaban J connectivity index is 1.21. The molecule has 1 aliphatic carbocycles. The van der Waals surface area contributed by atoms with Crippen molar-refractivity contribution in [3.8, 4) is 0 Å². The fourth-order valence-electron chi connectivity index (χ4n) is 6.86. The number of aliphatic carboxylic acids is 1. The topological polar surface area (TPSA) is 102 Å². The Hall–Kier alpha value is -3.17. The quantitative estimate of drug-likeness (QED) is 0.321. The molecule has 1 aliphatic heterocycles. The molecule has 0 bridgehead atoms. The van der Waals surface area contributed by atoms with Crippen LogP contribution >= 0.6 is 0 Å². The molecule has 0 radical (unpaired) electrons. The number of likely N-dealkylation sites (N-methyl/N-ethyl adjacent to an activating group) is 1. The minimum atomic E-state index is -0.908. The highest BCUT2D eigenvalue weighted by Gasteiger charge is 2.37. The van der Waals surface area contributed by atoms with Crippen molar-refractivity contribution in [2.45, 2.75) is 103 Å². The van der Waals surface area contributed by atoms with Gasteiger partial charge in [0.1, 0.15) is 11.9 Å². The SMILES string of the molecule is Cc1ccc([C@@H](C(=O)O)N(C)[C@H]2CC[C@H](OCCCCc3ccc4c(n3)NCCC4)C2)c2c1n(C(C)(C)C)c(=O)n2C. The Bertz CT molecular complexity index is 1500. The molecule has 228 valence electrons. The van der Waals surface area contributed by atoms with Crippen molar-refractivity contribution in [3.63, 3.8) is 0 Å². The van der Waals surface area contributed by atoms with Crippen molar-refractivity contribution in [3.05, 3.63) is 57.1 Å². The molecule has 2 N–H and O–H groups in total. The van der Waals surface area contributed by atoms with E-state index < -0.39 is 17.6 Å². The molecule has 42 heavy (non-hydrogen) atoms. The summed E-state index contributed by atoms with van der Waals surface area (Å²) < 4.78 is 9.67. The number of rotatable bonds is 10. The van der Waals surface area contributed by atoms with E-state index >= 15 is 0 Å². The second-order valence-corrected chi connectivity index (χ2v) is 13.2. The molecule has 2 aliphatic rings. The summed E-state index contributed by atoms with van der Waals surface area (Å²) in [5.41, 5.74) is 5.00. The van der Waals surface area contributed by atoms with Crippen LogP contribution in [0.4, 0.5) is 5.82 Å². The third-order valence-corrected chi connectivity index (χ3v) is 9.09. The van der Waals surface area contributed by atoms with Crippen LogP contribution in [0.3, 0.4) is 0 Å². The van der Waals surface area contributed by atoms with Crippen LogP contribution in [0.15, 0.2) is 29.1 Å². The number of aromatic nitrogens is 3. The van der Waals surface area contributed by atoms with Gasteiger partial charge in [-0.15, -0.1) is 0 Å². The molecule has 0 unspecified atom stereocenters. The minimum Gasteiger partial charge on any atom is -0.480 e. The highest BCUT2D eigenvalue weighted by Crippen LogP contribution is 2.36. The predicted octanol–water partition coefficient (Wildman–Crippen LogP) is 5.17. The molecule has 1 saturated carbocycles. The summed E-state index contributed by atoms with van der Waals surface area (Å²) in [5, 5.41) is 13.9. The standard InChI is InChI=1S/C33H47N5O4/c1-21-12-17-26(28-27(21)38(33(2,3)4)32(41)37(28)6)29(31(39)40)36(5)24-15-16-25(20-24)42-19-8-7-11-23-14-13-22-10-9-18-34-30(22)35-23/h12-14,17,24-25,29H,7-11,15-16,18-20H2,1-6H3,(H,34,35)(H,39,40)/t24-,25-,29-/m0/s1. The predicted molar refractivity (Wildman–Crippen MR) is 166 cm³/mol. The number of ether oxygens (including phenoxy) is 1. The Morgan fingerprint density at radius 3 is 2.71 bits per heavy atom. The summed E-state index contributed by atoms with van der Waals surface area (Å²) in [6.07, 6.45) is 7.95. The van der Waals surface area contributed by atoms with Crippen LogP contribution in [0.2, 0.25) is 0 Å². The van der Waals surface area contributed by atoms with Crippen LogP contribution in [0.1, 0.15) is 87.7 Å². The Morgan fingerprint density at radius 1 is 1.19 bits per heavy atom. The van der Waals surface area contributed by atoms with E-state index in [0.717, 1.165) is 74.1 Å². The van der Waals surface area contributed by atoms with E-state index in [9.17, 15) is 14.7 Å².